The van der Waals surface area contributed by atoms with E-state index in [0.717, 1.165) is 6.29 Å². The first-order valence-electron chi connectivity index (χ1n) is 10.3. The van der Waals surface area contributed by atoms with Crippen LogP contribution in [0, 0.1) is 11.8 Å². The fraction of sp³-hybridized carbons (Fsp3) is 0.864. The second kappa shape index (κ2) is 9.51. The van der Waals surface area contributed by atoms with Crippen molar-refractivity contribution in [3.8, 4) is 0 Å². The van der Waals surface area contributed by atoms with Crippen LogP contribution in [0.2, 0.25) is 36.3 Å². The van der Waals surface area contributed by atoms with E-state index in [1.54, 1.807) is 6.08 Å². The Balaban J connectivity index is 5.66. The van der Waals surface area contributed by atoms with Crippen molar-refractivity contribution in [3.63, 3.8) is 0 Å². The SMILES string of the molecule is C[C@H]([C@@H](O[Si](C)(C)C(C)(C)C)[C@@H](C)/C=C\C=O)[C@H](C)O[Si](C)(C)C(C)(C)C. The molecule has 5 heteroatoms. The Kier molecular flexibility index (Phi) is 9.42. The highest BCUT2D eigenvalue weighted by atomic mass is 28.4. The van der Waals surface area contributed by atoms with Crippen molar-refractivity contribution in [1.82, 2.24) is 0 Å². The number of carbonyl (C=O) groups is 1. The Labute approximate surface area is 171 Å². The third-order valence-corrected chi connectivity index (χ3v) is 15.8. The highest BCUT2D eigenvalue weighted by Gasteiger charge is 2.44. The van der Waals surface area contributed by atoms with Gasteiger partial charge in [-0.3, -0.25) is 4.79 Å². The summed E-state index contributed by atoms with van der Waals surface area (Å²) in [5.41, 5.74) is 0. The highest BCUT2D eigenvalue weighted by molar-refractivity contribution is 6.74. The van der Waals surface area contributed by atoms with Crippen LogP contribution in [-0.2, 0) is 13.6 Å². The summed E-state index contributed by atoms with van der Waals surface area (Å²) in [5.74, 6) is 0.393. The molecule has 0 saturated heterocycles. The largest absolute Gasteiger partial charge is 0.414 e. The van der Waals surface area contributed by atoms with E-state index in [2.05, 4.69) is 88.5 Å². The van der Waals surface area contributed by atoms with Gasteiger partial charge in [-0.2, -0.15) is 0 Å². The van der Waals surface area contributed by atoms with Gasteiger partial charge < -0.3 is 8.85 Å². The molecule has 27 heavy (non-hydrogen) atoms. The maximum atomic E-state index is 10.8. The Morgan fingerprint density at radius 3 is 1.56 bits per heavy atom. The van der Waals surface area contributed by atoms with E-state index in [1.807, 2.05) is 6.08 Å². The average Bonchev–Trinajstić information content (AvgIpc) is 2.46. The van der Waals surface area contributed by atoms with E-state index in [9.17, 15) is 4.79 Å². The molecule has 0 bridgehead atoms. The summed E-state index contributed by atoms with van der Waals surface area (Å²) >= 11 is 0. The van der Waals surface area contributed by atoms with Gasteiger partial charge in [0.2, 0.25) is 0 Å². The van der Waals surface area contributed by atoms with Gasteiger partial charge in [0.05, 0.1) is 6.10 Å². The average molecular weight is 415 g/mol. The van der Waals surface area contributed by atoms with Gasteiger partial charge >= 0.3 is 0 Å². The summed E-state index contributed by atoms with van der Waals surface area (Å²) in [4.78, 5) is 10.8. The minimum Gasteiger partial charge on any atom is -0.414 e. The van der Waals surface area contributed by atoms with Crippen LogP contribution in [0.5, 0.6) is 0 Å². The molecule has 3 nitrogen and oxygen atoms in total. The van der Waals surface area contributed by atoms with Crippen molar-refractivity contribution in [2.45, 2.75) is 111 Å². The van der Waals surface area contributed by atoms with Crippen molar-refractivity contribution in [2.75, 3.05) is 0 Å². The molecule has 0 rings (SSSR count). The molecule has 0 unspecified atom stereocenters. The lowest BCUT2D eigenvalue weighted by atomic mass is 9.90. The van der Waals surface area contributed by atoms with Crippen LogP contribution in [0.25, 0.3) is 0 Å². The van der Waals surface area contributed by atoms with E-state index < -0.39 is 16.6 Å². The number of hydrogen-bond acceptors (Lipinski definition) is 3. The zero-order valence-corrected chi connectivity index (χ0v) is 22.3. The predicted octanol–water partition coefficient (Wildman–Crippen LogP) is 6.81. The van der Waals surface area contributed by atoms with Gasteiger partial charge in [-0.05, 0) is 55.2 Å². The zero-order valence-electron chi connectivity index (χ0n) is 20.3. The lowest BCUT2D eigenvalue weighted by molar-refractivity contribution is -0.104. The van der Waals surface area contributed by atoms with Crippen LogP contribution in [-0.4, -0.2) is 35.1 Å². The number of aldehydes is 1. The van der Waals surface area contributed by atoms with Gasteiger partial charge in [-0.15, -0.1) is 0 Å². The molecule has 0 heterocycles. The summed E-state index contributed by atoms with van der Waals surface area (Å²) in [6.07, 6.45) is 4.55. The first-order valence-corrected chi connectivity index (χ1v) is 16.2. The number of allylic oxidation sites excluding steroid dienone is 1. The van der Waals surface area contributed by atoms with Gasteiger partial charge in [0, 0.05) is 12.0 Å². The summed E-state index contributed by atoms with van der Waals surface area (Å²) in [6.45, 7) is 29.4. The predicted molar refractivity (Wildman–Crippen MR) is 123 cm³/mol. The molecule has 0 radical (unpaired) electrons. The van der Waals surface area contributed by atoms with Crippen molar-refractivity contribution in [2.24, 2.45) is 11.8 Å². The summed E-state index contributed by atoms with van der Waals surface area (Å²) in [7, 11) is -3.79. The molecule has 0 amide bonds. The van der Waals surface area contributed by atoms with Crippen LogP contribution < -0.4 is 0 Å². The highest BCUT2D eigenvalue weighted by Crippen LogP contribution is 2.41. The van der Waals surface area contributed by atoms with Crippen molar-refractivity contribution in [3.05, 3.63) is 12.2 Å². The quantitative estimate of drug-likeness (QED) is 0.236. The normalized spacial score (nSPS) is 19.0. The molecule has 0 saturated carbocycles. The lowest BCUT2D eigenvalue weighted by Crippen LogP contribution is -2.51. The molecule has 0 aliphatic rings. The van der Waals surface area contributed by atoms with Crippen LogP contribution in [0.1, 0.15) is 62.3 Å². The maximum Gasteiger partial charge on any atom is 0.192 e. The van der Waals surface area contributed by atoms with Crippen LogP contribution in [0.4, 0.5) is 0 Å². The van der Waals surface area contributed by atoms with Gasteiger partial charge in [-0.1, -0.05) is 61.5 Å². The van der Waals surface area contributed by atoms with E-state index in [4.69, 9.17) is 8.85 Å². The molecule has 0 N–H and O–H groups in total. The Bertz CT molecular complexity index is 499. The van der Waals surface area contributed by atoms with E-state index in [-0.39, 0.29) is 34.1 Å². The fourth-order valence-corrected chi connectivity index (χ4v) is 5.52. The summed E-state index contributed by atoms with van der Waals surface area (Å²) in [6, 6.07) is 0. The van der Waals surface area contributed by atoms with Crippen molar-refractivity contribution < 1.29 is 13.6 Å². The maximum absolute atomic E-state index is 10.8. The number of hydrogen-bond donors (Lipinski definition) is 0. The Hall–Kier alpha value is -0.236. The van der Waals surface area contributed by atoms with Crippen molar-refractivity contribution >= 4 is 22.9 Å². The van der Waals surface area contributed by atoms with E-state index in [0.29, 0.717) is 0 Å². The second-order valence-corrected chi connectivity index (χ2v) is 20.7. The topological polar surface area (TPSA) is 35.5 Å². The smallest absolute Gasteiger partial charge is 0.192 e. The van der Waals surface area contributed by atoms with Crippen LogP contribution >= 0.6 is 0 Å². The molecule has 0 fully saturated rings. The molecular weight excluding hydrogens is 368 g/mol. The monoisotopic (exact) mass is 414 g/mol. The van der Waals surface area contributed by atoms with Gasteiger partial charge in [0.25, 0.3) is 0 Å². The van der Waals surface area contributed by atoms with Gasteiger partial charge in [0.15, 0.2) is 16.6 Å². The standard InChI is InChI=1S/C22H46O3Si2/c1-17(15-14-16-23)20(25-27(12,13)22(7,8)9)18(2)19(3)24-26(10,11)21(4,5)6/h14-20H,1-13H3/b15-14-/t17-,18-,19-,20-/m0/s1. The zero-order chi connectivity index (χ0) is 21.8. The van der Waals surface area contributed by atoms with Crippen LogP contribution in [0.3, 0.4) is 0 Å². The molecule has 0 aliphatic carbocycles. The summed E-state index contributed by atoms with van der Waals surface area (Å²) in [5, 5.41) is 0.322. The minimum absolute atomic E-state index is 0.0295. The van der Waals surface area contributed by atoms with Gasteiger partial charge in [0.1, 0.15) is 6.29 Å². The molecule has 160 valence electrons. The summed E-state index contributed by atoms with van der Waals surface area (Å²) < 4.78 is 13.5. The Morgan fingerprint density at radius 1 is 0.778 bits per heavy atom. The number of rotatable bonds is 9. The van der Waals surface area contributed by atoms with E-state index in [1.165, 1.54) is 0 Å². The van der Waals surface area contributed by atoms with Crippen molar-refractivity contribution in [1.29, 1.82) is 0 Å². The van der Waals surface area contributed by atoms with E-state index >= 15 is 0 Å². The molecule has 0 spiro atoms. The third kappa shape index (κ3) is 7.60. The molecule has 4 atom stereocenters. The number of carbonyl (C=O) groups excluding carboxylic acids is 1. The minimum atomic E-state index is -1.94. The lowest BCUT2D eigenvalue weighted by Gasteiger charge is -2.45. The third-order valence-electron chi connectivity index (χ3n) is 6.79. The molecule has 0 aromatic rings. The second-order valence-electron chi connectivity index (χ2n) is 11.2. The van der Waals surface area contributed by atoms with Crippen LogP contribution in [0.15, 0.2) is 12.2 Å². The fourth-order valence-electron chi connectivity index (χ4n) is 2.56. The first-order chi connectivity index (χ1) is 11.9. The molecule has 0 aromatic carbocycles. The molecule has 0 aromatic heterocycles. The van der Waals surface area contributed by atoms with Gasteiger partial charge in [-0.25, -0.2) is 0 Å². The molecule has 0 aliphatic heterocycles. The Morgan fingerprint density at radius 2 is 1.19 bits per heavy atom. The first kappa shape index (κ1) is 26.8. The molecular formula is C22H46O3Si2.